The molecule has 10 heteroatoms. The van der Waals surface area contributed by atoms with E-state index in [-0.39, 0.29) is 11.4 Å². The first-order valence-electron chi connectivity index (χ1n) is 5.69. The van der Waals surface area contributed by atoms with E-state index in [0.29, 0.717) is 11.5 Å². The monoisotopic (exact) mass is 313 g/mol. The lowest BCUT2D eigenvalue weighted by molar-refractivity contribution is -0.386. The summed E-state index contributed by atoms with van der Waals surface area (Å²) in [5.41, 5.74) is -0.306. The van der Waals surface area contributed by atoms with Gasteiger partial charge in [0.15, 0.2) is 5.75 Å². The molecule has 1 heterocycles. The fourth-order valence-electron chi connectivity index (χ4n) is 1.57. The van der Waals surface area contributed by atoms with Crippen molar-refractivity contribution in [2.75, 3.05) is 0 Å². The second-order valence-electron chi connectivity index (χ2n) is 4.16. The lowest BCUT2D eigenvalue weighted by Gasteiger charge is -2.05. The number of nitrogens with one attached hydrogen (secondary N) is 1. The molecule has 1 aromatic carbocycles. The molecule has 0 aliphatic rings. The van der Waals surface area contributed by atoms with Crippen LogP contribution in [0, 0.1) is 17.0 Å². The van der Waals surface area contributed by atoms with Gasteiger partial charge in [-0.3, -0.25) is 10.1 Å². The molecule has 0 amide bonds. The Morgan fingerprint density at radius 3 is 2.71 bits per heavy atom. The second-order valence-corrected chi connectivity index (χ2v) is 5.93. The van der Waals surface area contributed by atoms with Crippen LogP contribution in [0.1, 0.15) is 11.5 Å². The number of benzene rings is 1. The van der Waals surface area contributed by atoms with Crippen molar-refractivity contribution in [2.45, 2.75) is 18.4 Å². The van der Waals surface area contributed by atoms with E-state index in [2.05, 4.69) is 9.88 Å². The van der Waals surface area contributed by atoms with Gasteiger partial charge in [0.1, 0.15) is 5.76 Å². The zero-order valence-electron chi connectivity index (χ0n) is 10.8. The third kappa shape index (κ3) is 3.35. The van der Waals surface area contributed by atoms with Crippen molar-refractivity contribution in [2.24, 2.45) is 0 Å². The molecule has 0 aliphatic carbocycles. The Hall–Kier alpha value is -2.46. The highest BCUT2D eigenvalue weighted by Gasteiger charge is 2.21. The summed E-state index contributed by atoms with van der Waals surface area (Å²) in [6.45, 7) is 1.54. The first-order chi connectivity index (χ1) is 9.79. The van der Waals surface area contributed by atoms with E-state index >= 15 is 0 Å². The van der Waals surface area contributed by atoms with Gasteiger partial charge < -0.3 is 9.63 Å². The molecule has 2 N–H and O–H groups in total. The van der Waals surface area contributed by atoms with Gasteiger partial charge >= 0.3 is 5.69 Å². The summed E-state index contributed by atoms with van der Waals surface area (Å²) < 4.78 is 31.1. The molecule has 0 aliphatic heterocycles. The van der Waals surface area contributed by atoms with Gasteiger partial charge in [-0.2, -0.15) is 0 Å². The van der Waals surface area contributed by atoms with Gasteiger partial charge in [-0.25, -0.2) is 13.1 Å². The van der Waals surface area contributed by atoms with Crippen molar-refractivity contribution in [3.8, 4) is 5.75 Å². The van der Waals surface area contributed by atoms with E-state index in [4.69, 9.17) is 4.52 Å². The zero-order valence-corrected chi connectivity index (χ0v) is 11.6. The Balaban J connectivity index is 2.23. The molecule has 1 aromatic heterocycles. The highest BCUT2D eigenvalue weighted by atomic mass is 32.2. The van der Waals surface area contributed by atoms with Crippen LogP contribution < -0.4 is 4.72 Å². The largest absolute Gasteiger partial charge is 0.502 e. The molecular weight excluding hydrogens is 302 g/mol. The number of aromatic nitrogens is 1. The Bertz CT molecular complexity index is 783. The molecule has 2 aromatic rings. The highest BCUT2D eigenvalue weighted by Crippen LogP contribution is 2.28. The van der Waals surface area contributed by atoms with E-state index in [0.717, 1.165) is 18.2 Å². The summed E-state index contributed by atoms with van der Waals surface area (Å²) in [7, 11) is -3.97. The number of aromatic hydroxyl groups is 1. The Morgan fingerprint density at radius 2 is 2.14 bits per heavy atom. The van der Waals surface area contributed by atoms with E-state index in [1.54, 1.807) is 13.0 Å². The smallest absolute Gasteiger partial charge is 0.312 e. The van der Waals surface area contributed by atoms with Crippen LogP contribution in [0.2, 0.25) is 0 Å². The Morgan fingerprint density at radius 1 is 1.43 bits per heavy atom. The molecule has 2 rings (SSSR count). The molecule has 0 saturated heterocycles. The number of hydrogen-bond donors (Lipinski definition) is 2. The van der Waals surface area contributed by atoms with Crippen molar-refractivity contribution in [1.82, 2.24) is 9.88 Å². The normalized spacial score (nSPS) is 11.5. The van der Waals surface area contributed by atoms with Gasteiger partial charge in [0, 0.05) is 12.1 Å². The third-order valence-corrected chi connectivity index (χ3v) is 3.97. The minimum absolute atomic E-state index is 0.117. The number of aryl methyl sites for hydroxylation is 1. The minimum Gasteiger partial charge on any atom is -0.502 e. The van der Waals surface area contributed by atoms with Crippen LogP contribution in [0.15, 0.2) is 33.7 Å². The molecule has 0 saturated carbocycles. The fourth-order valence-corrected chi connectivity index (χ4v) is 2.59. The van der Waals surface area contributed by atoms with Crippen molar-refractivity contribution in [1.29, 1.82) is 0 Å². The van der Waals surface area contributed by atoms with Crippen molar-refractivity contribution >= 4 is 15.7 Å². The number of phenols is 1. The fraction of sp³-hybridized carbons (Fsp3) is 0.182. The molecule has 0 atom stereocenters. The molecule has 21 heavy (non-hydrogen) atoms. The van der Waals surface area contributed by atoms with Gasteiger partial charge in [0.2, 0.25) is 10.0 Å². The van der Waals surface area contributed by atoms with E-state index < -0.39 is 26.4 Å². The summed E-state index contributed by atoms with van der Waals surface area (Å²) in [6.07, 6.45) is 0. The lowest BCUT2D eigenvalue weighted by atomic mass is 10.3. The van der Waals surface area contributed by atoms with Gasteiger partial charge in [0.05, 0.1) is 22.1 Å². The van der Waals surface area contributed by atoms with Crippen molar-refractivity contribution < 1.29 is 23.0 Å². The van der Waals surface area contributed by atoms with E-state index in [1.807, 2.05) is 0 Å². The number of nitrogens with zero attached hydrogens (tertiary/aromatic N) is 2. The first kappa shape index (κ1) is 14.9. The van der Waals surface area contributed by atoms with Crippen LogP contribution in [0.5, 0.6) is 5.75 Å². The summed E-state index contributed by atoms with van der Waals surface area (Å²) in [5.74, 6) is -0.0736. The van der Waals surface area contributed by atoms with Crippen LogP contribution >= 0.6 is 0 Å². The van der Waals surface area contributed by atoms with Gasteiger partial charge in [0.25, 0.3) is 0 Å². The number of phenolic OH excluding ortho intramolecular Hbond substituents is 1. The molecule has 0 unspecified atom stereocenters. The van der Waals surface area contributed by atoms with Gasteiger partial charge in [-0.05, 0) is 19.1 Å². The average molecular weight is 313 g/mol. The molecule has 112 valence electrons. The standard InChI is InChI=1S/C11H11N3O6S/c1-7-4-8(13-20-7)6-12-21(18,19)9-2-3-11(15)10(5-9)14(16)17/h2-5,12,15H,6H2,1H3. The number of rotatable bonds is 5. The summed E-state index contributed by atoms with van der Waals surface area (Å²) in [4.78, 5) is 9.50. The first-order valence-corrected chi connectivity index (χ1v) is 7.17. The van der Waals surface area contributed by atoms with E-state index in [1.165, 1.54) is 0 Å². The maximum absolute atomic E-state index is 12.0. The second kappa shape index (κ2) is 5.50. The maximum atomic E-state index is 12.0. The summed E-state index contributed by atoms with van der Waals surface area (Å²) in [6, 6.07) is 4.36. The van der Waals surface area contributed by atoms with Gasteiger partial charge in [-0.15, -0.1) is 0 Å². The van der Waals surface area contributed by atoms with E-state index in [9.17, 15) is 23.6 Å². The molecule has 0 fully saturated rings. The van der Waals surface area contributed by atoms with Crippen molar-refractivity contribution in [3.63, 3.8) is 0 Å². The van der Waals surface area contributed by atoms with Crippen LogP contribution in [0.4, 0.5) is 5.69 Å². The van der Waals surface area contributed by atoms with Gasteiger partial charge in [-0.1, -0.05) is 5.16 Å². The molecule has 0 radical (unpaired) electrons. The summed E-state index contributed by atoms with van der Waals surface area (Å²) >= 11 is 0. The topological polar surface area (TPSA) is 136 Å². The minimum atomic E-state index is -3.97. The van der Waals surface area contributed by atoms with Crippen LogP contribution in [-0.4, -0.2) is 23.6 Å². The van der Waals surface area contributed by atoms with Crippen LogP contribution in [0.25, 0.3) is 0 Å². The predicted octanol–water partition coefficient (Wildman–Crippen LogP) is 1.08. The van der Waals surface area contributed by atoms with Crippen LogP contribution in [-0.2, 0) is 16.6 Å². The number of hydrogen-bond acceptors (Lipinski definition) is 7. The molecule has 0 bridgehead atoms. The zero-order chi connectivity index (χ0) is 15.6. The molecule has 9 nitrogen and oxygen atoms in total. The number of sulfonamides is 1. The SMILES string of the molecule is Cc1cc(CNS(=O)(=O)c2ccc(O)c([N+](=O)[O-])c2)no1. The quantitative estimate of drug-likeness (QED) is 0.622. The predicted molar refractivity (Wildman–Crippen MR) is 70.0 cm³/mol. The third-order valence-electron chi connectivity index (χ3n) is 2.57. The lowest BCUT2D eigenvalue weighted by Crippen LogP contribution is -2.23. The highest BCUT2D eigenvalue weighted by molar-refractivity contribution is 7.89. The van der Waals surface area contributed by atoms with Crippen molar-refractivity contribution in [3.05, 3.63) is 45.8 Å². The summed E-state index contributed by atoms with van der Waals surface area (Å²) in [5, 5.41) is 23.6. The number of nitro benzene ring substituents is 1. The Labute approximate surface area is 119 Å². The Kier molecular flexibility index (Phi) is 3.91. The van der Waals surface area contributed by atoms with Crippen LogP contribution in [0.3, 0.4) is 0 Å². The average Bonchev–Trinajstić information content (AvgIpc) is 2.82. The molecule has 0 spiro atoms. The maximum Gasteiger partial charge on any atom is 0.312 e. The number of nitro groups is 1. The molecular formula is C11H11N3O6S.